The summed E-state index contributed by atoms with van der Waals surface area (Å²) in [6, 6.07) is 1.63. The SMILES string of the molecule is Cc1nc(C(=O)Nc2ccncn2)c(C)s1. The second-order valence-electron chi connectivity index (χ2n) is 3.19. The average molecular weight is 234 g/mol. The van der Waals surface area contributed by atoms with Crippen LogP contribution in [0.5, 0.6) is 0 Å². The van der Waals surface area contributed by atoms with Crippen LogP contribution in [-0.4, -0.2) is 20.9 Å². The Morgan fingerprint density at radius 2 is 2.25 bits per heavy atom. The number of hydrogen-bond acceptors (Lipinski definition) is 5. The molecule has 2 heterocycles. The molecule has 6 heteroatoms. The number of anilines is 1. The maximum absolute atomic E-state index is 11.8. The Kier molecular flexibility index (Phi) is 2.91. The van der Waals surface area contributed by atoms with Crippen molar-refractivity contribution in [1.29, 1.82) is 0 Å². The van der Waals surface area contributed by atoms with Crippen LogP contribution < -0.4 is 5.32 Å². The van der Waals surface area contributed by atoms with Gasteiger partial charge in [-0.15, -0.1) is 11.3 Å². The minimum atomic E-state index is -0.236. The quantitative estimate of drug-likeness (QED) is 0.860. The van der Waals surface area contributed by atoms with E-state index < -0.39 is 0 Å². The van der Waals surface area contributed by atoms with Gasteiger partial charge in [0, 0.05) is 11.1 Å². The third kappa shape index (κ3) is 2.22. The van der Waals surface area contributed by atoms with Gasteiger partial charge >= 0.3 is 0 Å². The number of hydrogen-bond donors (Lipinski definition) is 1. The van der Waals surface area contributed by atoms with Gasteiger partial charge in [-0.05, 0) is 19.9 Å². The fraction of sp³-hybridized carbons (Fsp3) is 0.200. The molecule has 0 spiro atoms. The van der Waals surface area contributed by atoms with Crippen LogP contribution in [0.2, 0.25) is 0 Å². The molecule has 5 nitrogen and oxygen atoms in total. The number of carbonyl (C=O) groups excluding carboxylic acids is 1. The Balaban J connectivity index is 2.18. The lowest BCUT2D eigenvalue weighted by molar-refractivity contribution is 0.102. The molecule has 0 aromatic carbocycles. The molecule has 0 atom stereocenters. The van der Waals surface area contributed by atoms with Crippen LogP contribution in [0.3, 0.4) is 0 Å². The lowest BCUT2D eigenvalue weighted by Crippen LogP contribution is -2.14. The Morgan fingerprint density at radius 3 is 2.81 bits per heavy atom. The van der Waals surface area contributed by atoms with Gasteiger partial charge in [-0.2, -0.15) is 0 Å². The van der Waals surface area contributed by atoms with Crippen molar-refractivity contribution in [3.8, 4) is 0 Å². The van der Waals surface area contributed by atoms with Crippen LogP contribution in [0.4, 0.5) is 5.82 Å². The van der Waals surface area contributed by atoms with E-state index in [-0.39, 0.29) is 5.91 Å². The van der Waals surface area contributed by atoms with Crippen molar-refractivity contribution in [3.05, 3.63) is 34.2 Å². The van der Waals surface area contributed by atoms with Gasteiger partial charge in [0.25, 0.3) is 5.91 Å². The summed E-state index contributed by atoms with van der Waals surface area (Å²) in [7, 11) is 0. The Bertz CT molecular complexity index is 509. The molecule has 2 rings (SSSR count). The molecule has 0 aliphatic carbocycles. The maximum atomic E-state index is 11.8. The molecule has 0 aliphatic rings. The molecule has 2 aromatic heterocycles. The first-order valence-electron chi connectivity index (χ1n) is 4.68. The zero-order valence-corrected chi connectivity index (χ0v) is 9.71. The van der Waals surface area contributed by atoms with E-state index in [1.807, 2.05) is 13.8 Å². The Morgan fingerprint density at radius 1 is 1.44 bits per heavy atom. The molecule has 2 aromatic rings. The van der Waals surface area contributed by atoms with Crippen LogP contribution in [0.15, 0.2) is 18.6 Å². The topological polar surface area (TPSA) is 67.8 Å². The number of aryl methyl sites for hydroxylation is 2. The second kappa shape index (κ2) is 4.36. The van der Waals surface area contributed by atoms with Crippen LogP contribution >= 0.6 is 11.3 Å². The number of amides is 1. The predicted octanol–water partition coefficient (Wildman–Crippen LogP) is 1.80. The summed E-state index contributed by atoms with van der Waals surface area (Å²) >= 11 is 1.50. The number of rotatable bonds is 2. The third-order valence-electron chi connectivity index (χ3n) is 1.94. The van der Waals surface area contributed by atoms with Crippen molar-refractivity contribution in [2.45, 2.75) is 13.8 Å². The minimum Gasteiger partial charge on any atom is -0.305 e. The van der Waals surface area contributed by atoms with E-state index >= 15 is 0 Å². The van der Waals surface area contributed by atoms with Crippen LogP contribution in [0.25, 0.3) is 0 Å². The smallest absolute Gasteiger partial charge is 0.276 e. The highest BCUT2D eigenvalue weighted by Crippen LogP contribution is 2.17. The first-order chi connectivity index (χ1) is 7.66. The van der Waals surface area contributed by atoms with Crippen LogP contribution in [-0.2, 0) is 0 Å². The minimum absolute atomic E-state index is 0.236. The van der Waals surface area contributed by atoms with Gasteiger partial charge in [-0.25, -0.2) is 15.0 Å². The summed E-state index contributed by atoms with van der Waals surface area (Å²) in [4.78, 5) is 24.6. The van der Waals surface area contributed by atoms with Crippen molar-refractivity contribution in [2.24, 2.45) is 0 Å². The molecule has 1 N–H and O–H groups in total. The Labute approximate surface area is 96.6 Å². The van der Waals surface area contributed by atoms with Gasteiger partial charge in [-0.1, -0.05) is 0 Å². The summed E-state index contributed by atoms with van der Waals surface area (Å²) in [5, 5.41) is 3.55. The van der Waals surface area contributed by atoms with Crippen molar-refractivity contribution in [3.63, 3.8) is 0 Å². The fourth-order valence-electron chi connectivity index (χ4n) is 1.28. The molecule has 0 saturated carbocycles. The highest BCUT2D eigenvalue weighted by molar-refractivity contribution is 7.11. The second-order valence-corrected chi connectivity index (χ2v) is 4.59. The number of carbonyl (C=O) groups is 1. The van der Waals surface area contributed by atoms with Gasteiger partial charge < -0.3 is 5.32 Å². The summed E-state index contributed by atoms with van der Waals surface area (Å²) in [6.45, 7) is 3.75. The van der Waals surface area contributed by atoms with Crippen molar-refractivity contribution in [2.75, 3.05) is 5.32 Å². The number of aromatic nitrogens is 3. The van der Waals surface area contributed by atoms with Crippen molar-refractivity contribution < 1.29 is 4.79 Å². The standard InChI is InChI=1S/C10H10N4OS/c1-6-9(13-7(2)16-6)10(15)14-8-3-4-11-5-12-8/h3-5H,1-2H3,(H,11,12,14,15). The Hall–Kier alpha value is -1.82. The average Bonchev–Trinajstić information content (AvgIpc) is 2.59. The number of nitrogens with one attached hydrogen (secondary N) is 1. The van der Waals surface area contributed by atoms with E-state index in [1.54, 1.807) is 12.3 Å². The van der Waals surface area contributed by atoms with Crippen molar-refractivity contribution >= 4 is 23.1 Å². The highest BCUT2D eigenvalue weighted by atomic mass is 32.1. The summed E-state index contributed by atoms with van der Waals surface area (Å²) in [6.07, 6.45) is 2.95. The lowest BCUT2D eigenvalue weighted by atomic mass is 10.3. The van der Waals surface area contributed by atoms with Gasteiger partial charge in [0.2, 0.25) is 0 Å². The number of nitrogens with zero attached hydrogens (tertiary/aromatic N) is 3. The molecule has 16 heavy (non-hydrogen) atoms. The first kappa shape index (κ1) is 10.7. The van der Waals surface area contributed by atoms with E-state index in [1.165, 1.54) is 17.7 Å². The molecular formula is C10H10N4OS. The van der Waals surface area contributed by atoms with Crippen LogP contribution in [0, 0.1) is 13.8 Å². The third-order valence-corrected chi connectivity index (χ3v) is 2.83. The van der Waals surface area contributed by atoms with E-state index in [9.17, 15) is 4.79 Å². The van der Waals surface area contributed by atoms with E-state index in [4.69, 9.17) is 0 Å². The monoisotopic (exact) mass is 234 g/mol. The molecule has 0 aliphatic heterocycles. The van der Waals surface area contributed by atoms with Gasteiger partial charge in [0.05, 0.1) is 5.01 Å². The predicted molar refractivity (Wildman–Crippen MR) is 61.6 cm³/mol. The van der Waals surface area contributed by atoms with E-state index in [2.05, 4.69) is 20.3 Å². The largest absolute Gasteiger partial charge is 0.305 e. The molecule has 0 unspecified atom stereocenters. The fourth-order valence-corrected chi connectivity index (χ4v) is 2.09. The molecule has 82 valence electrons. The maximum Gasteiger partial charge on any atom is 0.276 e. The lowest BCUT2D eigenvalue weighted by Gasteiger charge is -2.01. The molecule has 0 radical (unpaired) electrons. The van der Waals surface area contributed by atoms with Gasteiger partial charge in [0.1, 0.15) is 17.8 Å². The molecule has 0 fully saturated rings. The normalized spacial score (nSPS) is 10.1. The van der Waals surface area contributed by atoms with Gasteiger partial charge in [-0.3, -0.25) is 4.79 Å². The first-order valence-corrected chi connectivity index (χ1v) is 5.50. The van der Waals surface area contributed by atoms with Gasteiger partial charge in [0.15, 0.2) is 0 Å². The molecule has 1 amide bonds. The van der Waals surface area contributed by atoms with Crippen molar-refractivity contribution in [1.82, 2.24) is 15.0 Å². The van der Waals surface area contributed by atoms with Crippen LogP contribution in [0.1, 0.15) is 20.4 Å². The van der Waals surface area contributed by atoms with E-state index in [0.29, 0.717) is 11.5 Å². The molecule has 0 saturated heterocycles. The number of thiazole rings is 1. The summed E-state index contributed by atoms with van der Waals surface area (Å²) in [5.74, 6) is 0.241. The zero-order chi connectivity index (χ0) is 11.5. The summed E-state index contributed by atoms with van der Waals surface area (Å²) in [5.41, 5.74) is 0.459. The molecular weight excluding hydrogens is 224 g/mol. The molecule has 0 bridgehead atoms. The zero-order valence-electron chi connectivity index (χ0n) is 8.89. The highest BCUT2D eigenvalue weighted by Gasteiger charge is 2.14. The van der Waals surface area contributed by atoms with E-state index in [0.717, 1.165) is 9.88 Å². The summed E-state index contributed by atoms with van der Waals surface area (Å²) < 4.78 is 0.